The van der Waals surface area contributed by atoms with Crippen LogP contribution in [0.2, 0.25) is 0 Å². The summed E-state index contributed by atoms with van der Waals surface area (Å²) < 4.78 is 78.2. The Labute approximate surface area is 274 Å². The summed E-state index contributed by atoms with van der Waals surface area (Å²) >= 11 is 0. The predicted octanol–water partition coefficient (Wildman–Crippen LogP) is 3.92. The van der Waals surface area contributed by atoms with Crippen molar-refractivity contribution in [3.8, 4) is 5.88 Å². The SMILES string of the molecule is COc1nc(C)nc2c1ncn2[C@@H]1O[C@H](COP(C)(=O)N[C@@H](C)C(=O)OC(C)C)[C@](C)(COP(C)(=O)N[C@@H](C)C(=O)OC(C)C)C1F. The van der Waals surface area contributed by atoms with Crippen LogP contribution < -0.4 is 14.9 Å². The van der Waals surface area contributed by atoms with Crippen LogP contribution in [0.4, 0.5) is 4.39 Å². The number of alkyl halides is 1. The molecule has 0 aromatic carbocycles. The lowest BCUT2D eigenvalue weighted by molar-refractivity contribution is -0.149. The van der Waals surface area contributed by atoms with Crippen molar-refractivity contribution in [2.45, 2.75) is 98.2 Å². The van der Waals surface area contributed by atoms with Crippen LogP contribution in [0.5, 0.6) is 5.88 Å². The highest BCUT2D eigenvalue weighted by atomic mass is 31.2. The first-order valence-corrected chi connectivity index (χ1v) is 19.3. The molecule has 2 aromatic heterocycles. The van der Waals surface area contributed by atoms with Gasteiger partial charge in [-0.15, -0.1) is 0 Å². The molecule has 1 aliphatic rings. The molecule has 1 saturated heterocycles. The Morgan fingerprint density at radius 3 is 2.04 bits per heavy atom. The minimum Gasteiger partial charge on any atom is -0.479 e. The Hall–Kier alpha value is -2.52. The number of nitrogens with one attached hydrogen (secondary N) is 2. The van der Waals surface area contributed by atoms with E-state index in [-0.39, 0.29) is 29.3 Å². The number of imidazole rings is 1. The molecule has 8 atom stereocenters. The highest BCUT2D eigenvalue weighted by molar-refractivity contribution is 7.56. The number of fused-ring (bicyclic) bond motifs is 1. The third-order valence-electron chi connectivity index (χ3n) is 7.25. The van der Waals surface area contributed by atoms with E-state index in [9.17, 15) is 18.7 Å². The summed E-state index contributed by atoms with van der Waals surface area (Å²) in [5.41, 5.74) is -1.03. The molecule has 2 N–H and O–H groups in total. The van der Waals surface area contributed by atoms with E-state index in [1.165, 1.54) is 52.1 Å². The molecule has 3 heterocycles. The zero-order valence-corrected chi connectivity index (χ0v) is 30.5. The molecule has 266 valence electrons. The minimum atomic E-state index is -3.71. The maximum absolute atomic E-state index is 16.7. The molecule has 0 spiro atoms. The summed E-state index contributed by atoms with van der Waals surface area (Å²) in [6.07, 6.45) is -3.70. The summed E-state index contributed by atoms with van der Waals surface area (Å²) in [7, 11) is -5.96. The number of hydrogen-bond acceptors (Lipinski definition) is 13. The van der Waals surface area contributed by atoms with Crippen molar-refractivity contribution in [2.24, 2.45) is 5.41 Å². The zero-order chi connectivity index (χ0) is 35.5. The highest BCUT2D eigenvalue weighted by Gasteiger charge is 2.56. The number of aromatic nitrogens is 4. The standard InChI is InChI=1S/C28H47FN6O10P2/c1-15(2)43-26(36)17(5)33-46(10,38)41-12-20-28(8,13-42-47(11,39)34-18(6)27(37)44-16(3)4)22(29)25(45-20)35-14-30-21-23(35)31-19(7)32-24(21)40-9/h14-18,20,22,25H,12-13H2,1-11H3,(H,33,38)(H,34,39)/t17-,18-,20+,22?,25+,28-,46?,47?/m0/s1. The van der Waals surface area contributed by atoms with Crippen molar-refractivity contribution in [3.05, 3.63) is 12.2 Å². The first-order valence-electron chi connectivity index (χ1n) is 15.1. The minimum absolute atomic E-state index is 0.192. The molecule has 16 nitrogen and oxygen atoms in total. The number of carbonyl (C=O) groups is 2. The van der Waals surface area contributed by atoms with Crippen LogP contribution in [0.25, 0.3) is 11.2 Å². The third kappa shape index (κ3) is 9.78. The van der Waals surface area contributed by atoms with E-state index in [4.69, 9.17) is 28.0 Å². The van der Waals surface area contributed by atoms with E-state index in [1.807, 2.05) is 0 Å². The molecule has 0 radical (unpaired) electrons. The summed E-state index contributed by atoms with van der Waals surface area (Å²) in [5.74, 6) is -0.714. The fourth-order valence-corrected chi connectivity index (χ4v) is 7.56. The molecule has 3 rings (SSSR count). The second-order valence-electron chi connectivity index (χ2n) is 12.5. The van der Waals surface area contributed by atoms with Crippen LogP contribution in [0, 0.1) is 12.3 Å². The number of methoxy groups -OCH3 is 1. The largest absolute Gasteiger partial charge is 0.479 e. The average Bonchev–Trinajstić information content (AvgIpc) is 3.47. The Balaban J connectivity index is 1.89. The maximum atomic E-state index is 16.7. The zero-order valence-electron chi connectivity index (χ0n) is 28.7. The van der Waals surface area contributed by atoms with Crippen molar-refractivity contribution in [2.75, 3.05) is 33.7 Å². The average molecular weight is 709 g/mol. The van der Waals surface area contributed by atoms with Crippen LogP contribution in [-0.4, -0.2) is 102 Å². The van der Waals surface area contributed by atoms with Gasteiger partial charge in [0.1, 0.15) is 17.9 Å². The number of hydrogen-bond donors (Lipinski definition) is 2. The van der Waals surface area contributed by atoms with E-state index in [0.29, 0.717) is 5.82 Å². The third-order valence-corrected chi connectivity index (χ3v) is 10.2. The Morgan fingerprint density at radius 2 is 1.53 bits per heavy atom. The van der Waals surface area contributed by atoms with Gasteiger partial charge in [0.15, 0.2) is 23.6 Å². The second-order valence-corrected chi connectivity index (χ2v) is 16.9. The van der Waals surface area contributed by atoms with Crippen LogP contribution in [0.3, 0.4) is 0 Å². The summed E-state index contributed by atoms with van der Waals surface area (Å²) in [6, 6.07) is -1.95. The Kier molecular flexibility index (Phi) is 12.7. The van der Waals surface area contributed by atoms with Gasteiger partial charge >= 0.3 is 11.9 Å². The van der Waals surface area contributed by atoms with Crippen molar-refractivity contribution >= 4 is 38.1 Å². The van der Waals surface area contributed by atoms with Crippen LogP contribution in [-0.2, 0) is 42.0 Å². The van der Waals surface area contributed by atoms with Crippen molar-refractivity contribution in [1.29, 1.82) is 0 Å². The molecule has 3 unspecified atom stereocenters. The van der Waals surface area contributed by atoms with Crippen LogP contribution >= 0.6 is 15.0 Å². The number of rotatable bonds is 16. The molecule has 0 bridgehead atoms. The maximum Gasteiger partial charge on any atom is 0.323 e. The monoisotopic (exact) mass is 708 g/mol. The first-order chi connectivity index (χ1) is 21.7. The lowest BCUT2D eigenvalue weighted by Gasteiger charge is -2.33. The lowest BCUT2D eigenvalue weighted by atomic mass is 9.82. The molecule has 19 heteroatoms. The number of aryl methyl sites for hydroxylation is 1. The fraction of sp³-hybridized carbons (Fsp3) is 0.750. The van der Waals surface area contributed by atoms with Crippen LogP contribution in [0.15, 0.2) is 6.33 Å². The molecule has 1 fully saturated rings. The molecule has 0 saturated carbocycles. The van der Waals surface area contributed by atoms with Gasteiger partial charge < -0.3 is 28.0 Å². The molecule has 1 aliphatic heterocycles. The Bertz CT molecular complexity index is 1530. The van der Waals surface area contributed by atoms with E-state index in [1.54, 1.807) is 34.6 Å². The topological polar surface area (TPSA) is 191 Å². The molecule has 47 heavy (non-hydrogen) atoms. The van der Waals surface area contributed by atoms with Gasteiger partial charge in [0.25, 0.3) is 15.0 Å². The van der Waals surface area contributed by atoms with E-state index < -0.39 is 76.2 Å². The quantitative estimate of drug-likeness (QED) is 0.188. The van der Waals surface area contributed by atoms with Gasteiger partial charge in [0.2, 0.25) is 5.88 Å². The van der Waals surface area contributed by atoms with Gasteiger partial charge in [-0.3, -0.25) is 23.3 Å². The predicted molar refractivity (Wildman–Crippen MR) is 170 cm³/mol. The highest BCUT2D eigenvalue weighted by Crippen LogP contribution is 2.51. The number of nitrogens with zero attached hydrogens (tertiary/aromatic N) is 4. The Morgan fingerprint density at radius 1 is 1.00 bits per heavy atom. The molecule has 0 amide bonds. The molecule has 2 aromatic rings. The van der Waals surface area contributed by atoms with Gasteiger partial charge in [0, 0.05) is 13.3 Å². The molecular formula is C28H47FN6O10P2. The summed E-state index contributed by atoms with van der Waals surface area (Å²) in [4.78, 5) is 37.5. The first kappa shape index (κ1) is 38.9. The molecule has 0 aliphatic carbocycles. The number of carbonyl (C=O) groups excluding carboxylic acids is 2. The van der Waals surface area contributed by atoms with Gasteiger partial charge in [0.05, 0.1) is 50.4 Å². The van der Waals surface area contributed by atoms with E-state index in [2.05, 4.69) is 25.1 Å². The summed E-state index contributed by atoms with van der Waals surface area (Å²) in [5, 5.41) is 5.28. The van der Waals surface area contributed by atoms with Gasteiger partial charge in [-0.2, -0.15) is 4.98 Å². The number of esters is 2. The summed E-state index contributed by atoms with van der Waals surface area (Å²) in [6.45, 7) is 14.5. The van der Waals surface area contributed by atoms with Crippen molar-refractivity contribution < 1.29 is 51.1 Å². The lowest BCUT2D eigenvalue weighted by Crippen LogP contribution is -2.43. The number of ether oxygens (including phenoxy) is 4. The molecular weight excluding hydrogens is 661 g/mol. The normalized spacial score (nSPS) is 25.4. The van der Waals surface area contributed by atoms with Crippen molar-refractivity contribution in [1.82, 2.24) is 29.7 Å². The second kappa shape index (κ2) is 15.4. The van der Waals surface area contributed by atoms with Crippen molar-refractivity contribution in [3.63, 3.8) is 0 Å². The number of halogens is 1. The van der Waals surface area contributed by atoms with E-state index >= 15 is 4.39 Å². The van der Waals surface area contributed by atoms with E-state index in [0.717, 1.165) is 0 Å². The van der Waals surface area contributed by atoms with Gasteiger partial charge in [-0.25, -0.2) is 24.5 Å². The van der Waals surface area contributed by atoms with Gasteiger partial charge in [-0.1, -0.05) is 6.92 Å². The smallest absolute Gasteiger partial charge is 0.323 e. The fourth-order valence-electron chi connectivity index (χ4n) is 4.85. The van der Waals surface area contributed by atoms with Gasteiger partial charge in [-0.05, 0) is 48.5 Å². The van der Waals surface area contributed by atoms with Crippen LogP contribution in [0.1, 0.15) is 60.5 Å².